The fourth-order valence-electron chi connectivity index (χ4n) is 3.78. The predicted octanol–water partition coefficient (Wildman–Crippen LogP) is 2.29. The van der Waals surface area contributed by atoms with Crippen molar-refractivity contribution in [1.82, 2.24) is 24.6 Å². The van der Waals surface area contributed by atoms with Crippen molar-refractivity contribution >= 4 is 27.0 Å². The first kappa shape index (κ1) is 20.5. The van der Waals surface area contributed by atoms with Crippen molar-refractivity contribution in [3.8, 4) is 0 Å². The molecule has 3 heterocycles. The van der Waals surface area contributed by atoms with Crippen LogP contribution < -0.4 is 5.32 Å². The topological polar surface area (TPSA) is 110 Å². The van der Waals surface area contributed by atoms with Gasteiger partial charge in [-0.05, 0) is 49.6 Å². The maximum absolute atomic E-state index is 13.4. The molecule has 4 rings (SSSR count). The van der Waals surface area contributed by atoms with E-state index in [0.717, 1.165) is 24.8 Å². The molecule has 1 aliphatic heterocycles. The quantitative estimate of drug-likeness (QED) is 0.615. The van der Waals surface area contributed by atoms with Crippen LogP contribution in [0, 0.1) is 0 Å². The summed E-state index contributed by atoms with van der Waals surface area (Å²) in [6.45, 7) is 3.29. The van der Waals surface area contributed by atoms with Crippen molar-refractivity contribution in [2.75, 3.05) is 6.54 Å². The van der Waals surface area contributed by atoms with E-state index < -0.39 is 16.1 Å². The van der Waals surface area contributed by atoms with Gasteiger partial charge in [0, 0.05) is 13.1 Å². The molecule has 1 saturated heterocycles. The van der Waals surface area contributed by atoms with Crippen molar-refractivity contribution in [3.63, 3.8) is 0 Å². The van der Waals surface area contributed by atoms with Crippen molar-refractivity contribution < 1.29 is 17.6 Å². The van der Waals surface area contributed by atoms with Crippen LogP contribution in [0.4, 0.5) is 0 Å². The Balaban J connectivity index is 1.57. The van der Waals surface area contributed by atoms with E-state index >= 15 is 0 Å². The minimum atomic E-state index is -3.85. The Hall–Kier alpha value is -2.72. The SMILES string of the molecule is CCCn1nnc2cc(S(=O)(=O)N3CCCCC3C(=O)NCc3ccco3)ccc21. The summed E-state index contributed by atoms with van der Waals surface area (Å²) in [7, 11) is -3.85. The molecule has 0 bridgehead atoms. The monoisotopic (exact) mass is 431 g/mol. The van der Waals surface area contributed by atoms with Gasteiger partial charge in [-0.2, -0.15) is 4.31 Å². The average Bonchev–Trinajstić information content (AvgIpc) is 3.42. The molecule has 1 fully saturated rings. The van der Waals surface area contributed by atoms with Crippen molar-refractivity contribution in [2.45, 2.75) is 56.6 Å². The number of nitrogens with zero attached hydrogens (tertiary/aromatic N) is 4. The maximum atomic E-state index is 13.4. The van der Waals surface area contributed by atoms with Crippen LogP contribution in [0.2, 0.25) is 0 Å². The fourth-order valence-corrected chi connectivity index (χ4v) is 5.46. The van der Waals surface area contributed by atoms with Gasteiger partial charge in [-0.25, -0.2) is 13.1 Å². The van der Waals surface area contributed by atoms with Gasteiger partial charge in [-0.3, -0.25) is 4.79 Å². The van der Waals surface area contributed by atoms with E-state index in [1.165, 1.54) is 16.6 Å². The number of benzene rings is 1. The Labute approximate surface area is 175 Å². The van der Waals surface area contributed by atoms with Gasteiger partial charge in [-0.1, -0.05) is 18.6 Å². The van der Waals surface area contributed by atoms with Gasteiger partial charge in [-0.15, -0.1) is 5.10 Å². The highest BCUT2D eigenvalue weighted by atomic mass is 32.2. The average molecular weight is 432 g/mol. The number of carbonyl (C=O) groups is 1. The zero-order valence-corrected chi connectivity index (χ0v) is 17.6. The Kier molecular flexibility index (Phi) is 5.87. The Morgan fingerprint density at radius 3 is 2.93 bits per heavy atom. The molecule has 160 valence electrons. The van der Waals surface area contributed by atoms with Gasteiger partial charge in [0.25, 0.3) is 0 Å². The minimum Gasteiger partial charge on any atom is -0.467 e. The molecule has 1 aliphatic rings. The van der Waals surface area contributed by atoms with Gasteiger partial charge in [0.05, 0.1) is 23.2 Å². The molecule has 0 aliphatic carbocycles. The lowest BCUT2D eigenvalue weighted by Gasteiger charge is -2.33. The van der Waals surface area contributed by atoms with Crippen LogP contribution in [0.1, 0.15) is 38.4 Å². The standard InChI is InChI=1S/C20H25N5O4S/c1-2-10-24-18-9-8-16(13-17(18)22-23-24)30(27,28)25-11-4-3-7-19(25)20(26)21-14-15-6-5-12-29-15/h5-6,8-9,12-13,19H,2-4,7,10-11,14H2,1H3,(H,21,26). The molecule has 9 nitrogen and oxygen atoms in total. The normalized spacial score (nSPS) is 18.0. The number of hydrogen-bond acceptors (Lipinski definition) is 6. The first-order valence-corrected chi connectivity index (χ1v) is 11.6. The van der Waals surface area contributed by atoms with E-state index in [2.05, 4.69) is 15.6 Å². The van der Waals surface area contributed by atoms with E-state index in [-0.39, 0.29) is 17.3 Å². The third-order valence-electron chi connectivity index (χ3n) is 5.30. The molecule has 1 N–H and O–H groups in total. The molecule has 1 aromatic carbocycles. The summed E-state index contributed by atoms with van der Waals surface area (Å²) in [5.74, 6) is 0.304. The van der Waals surface area contributed by atoms with Crippen LogP contribution in [0.5, 0.6) is 0 Å². The molecule has 10 heteroatoms. The molecule has 0 spiro atoms. The van der Waals surface area contributed by atoms with E-state index in [9.17, 15) is 13.2 Å². The Morgan fingerprint density at radius 1 is 1.30 bits per heavy atom. The second-order valence-electron chi connectivity index (χ2n) is 7.39. The number of piperidine rings is 1. The molecule has 0 saturated carbocycles. The smallest absolute Gasteiger partial charge is 0.243 e. The van der Waals surface area contributed by atoms with Gasteiger partial charge >= 0.3 is 0 Å². The lowest BCUT2D eigenvalue weighted by Crippen LogP contribution is -2.51. The molecular weight excluding hydrogens is 406 g/mol. The van der Waals surface area contributed by atoms with Gasteiger partial charge in [0.2, 0.25) is 15.9 Å². The zero-order valence-electron chi connectivity index (χ0n) is 16.8. The van der Waals surface area contributed by atoms with E-state index in [4.69, 9.17) is 4.42 Å². The lowest BCUT2D eigenvalue weighted by molar-refractivity contribution is -0.125. The third-order valence-corrected chi connectivity index (χ3v) is 7.20. The van der Waals surface area contributed by atoms with Crippen molar-refractivity contribution in [1.29, 1.82) is 0 Å². The number of fused-ring (bicyclic) bond motifs is 1. The summed E-state index contributed by atoms with van der Waals surface area (Å²) < 4.78 is 35.1. The summed E-state index contributed by atoms with van der Waals surface area (Å²) in [6, 6.07) is 7.59. The highest BCUT2D eigenvalue weighted by Gasteiger charge is 2.37. The largest absolute Gasteiger partial charge is 0.467 e. The van der Waals surface area contributed by atoms with Crippen LogP contribution in [0.25, 0.3) is 11.0 Å². The lowest BCUT2D eigenvalue weighted by atomic mass is 10.0. The van der Waals surface area contributed by atoms with E-state index in [1.807, 2.05) is 6.92 Å². The first-order valence-electron chi connectivity index (χ1n) is 10.2. The minimum absolute atomic E-state index is 0.129. The van der Waals surface area contributed by atoms with E-state index in [0.29, 0.717) is 30.8 Å². The second-order valence-corrected chi connectivity index (χ2v) is 9.28. The molecule has 3 aromatic rings. The number of hydrogen-bond donors (Lipinski definition) is 1. The van der Waals surface area contributed by atoms with Crippen molar-refractivity contribution in [3.05, 3.63) is 42.4 Å². The Morgan fingerprint density at radius 2 is 2.17 bits per heavy atom. The van der Waals surface area contributed by atoms with Crippen LogP contribution in [0.3, 0.4) is 0 Å². The maximum Gasteiger partial charge on any atom is 0.243 e. The van der Waals surface area contributed by atoms with Crippen LogP contribution >= 0.6 is 0 Å². The number of aryl methyl sites for hydroxylation is 1. The number of nitrogens with one attached hydrogen (secondary N) is 1. The summed E-state index contributed by atoms with van der Waals surface area (Å²) in [5.41, 5.74) is 1.32. The number of carbonyl (C=O) groups excluding carboxylic acids is 1. The van der Waals surface area contributed by atoms with Crippen LogP contribution in [-0.4, -0.2) is 46.2 Å². The summed E-state index contributed by atoms with van der Waals surface area (Å²) in [5, 5.41) is 11.0. The number of amides is 1. The molecule has 1 atom stereocenters. The summed E-state index contributed by atoms with van der Waals surface area (Å²) in [6.07, 6.45) is 4.44. The third kappa shape index (κ3) is 3.97. The van der Waals surface area contributed by atoms with E-state index in [1.54, 1.807) is 28.9 Å². The van der Waals surface area contributed by atoms with Crippen LogP contribution in [0.15, 0.2) is 45.9 Å². The highest BCUT2D eigenvalue weighted by Crippen LogP contribution is 2.27. The van der Waals surface area contributed by atoms with Crippen molar-refractivity contribution in [2.24, 2.45) is 0 Å². The first-order chi connectivity index (χ1) is 14.5. The zero-order chi connectivity index (χ0) is 21.1. The molecule has 1 unspecified atom stereocenters. The predicted molar refractivity (Wildman–Crippen MR) is 110 cm³/mol. The molecule has 30 heavy (non-hydrogen) atoms. The number of furan rings is 1. The molecule has 2 aromatic heterocycles. The van der Waals surface area contributed by atoms with Gasteiger partial charge in [0.1, 0.15) is 17.3 Å². The fraction of sp³-hybridized carbons (Fsp3) is 0.450. The Bertz CT molecular complexity index is 1120. The van der Waals surface area contributed by atoms with Gasteiger partial charge < -0.3 is 9.73 Å². The summed E-state index contributed by atoms with van der Waals surface area (Å²) >= 11 is 0. The van der Waals surface area contributed by atoms with Crippen LogP contribution in [-0.2, 0) is 27.9 Å². The molecule has 0 radical (unpaired) electrons. The number of rotatable bonds is 7. The molecule has 1 amide bonds. The number of aromatic nitrogens is 3. The second kappa shape index (κ2) is 8.57. The number of sulfonamides is 1. The molecular formula is C20H25N5O4S. The summed E-state index contributed by atoms with van der Waals surface area (Å²) in [4.78, 5) is 12.9. The highest BCUT2D eigenvalue weighted by molar-refractivity contribution is 7.89. The van der Waals surface area contributed by atoms with Gasteiger partial charge in [0.15, 0.2) is 0 Å².